The van der Waals surface area contributed by atoms with Gasteiger partial charge in [-0.05, 0) is 6.92 Å². The number of rotatable bonds is 10. The standard InChI is InChI=1S/C19H30N4O16P2/c1-7-12(20-8(2)24)15(28)13(21-9(3)25)18(36-7)38-41(33,34)39-40(31,32)35-6-10-14(27)16(29)17(37-10)23-5-4-11(26)22-19(23)30/h4-5,7,10,12-18,27-29H,6H2,1-3H3,(H,20,24)(H,21,25)(H,31,32)(H,33,34)(H,22,26,30)/p-2/t7-,10+,12-,13+,14+,15-,16+,17+,18+/m0/s1. The maximum atomic E-state index is 12.4. The van der Waals surface area contributed by atoms with Gasteiger partial charge in [-0.1, -0.05) is 0 Å². The third kappa shape index (κ3) is 8.38. The zero-order valence-electron chi connectivity index (χ0n) is 21.5. The van der Waals surface area contributed by atoms with E-state index < -0.39 is 100 Å². The maximum absolute atomic E-state index is 12.4. The molecule has 2 unspecified atom stereocenters. The van der Waals surface area contributed by atoms with Crippen LogP contribution in [0.5, 0.6) is 0 Å². The minimum atomic E-state index is -5.88. The Morgan fingerprint density at radius 3 is 2.22 bits per heavy atom. The Hall–Kier alpha value is -2.32. The molecule has 0 aliphatic carbocycles. The van der Waals surface area contributed by atoms with Crippen LogP contribution < -0.4 is 31.7 Å². The Labute approximate surface area is 230 Å². The largest absolute Gasteiger partial charge is 0.756 e. The zero-order valence-corrected chi connectivity index (χ0v) is 23.3. The maximum Gasteiger partial charge on any atom is 0.330 e. The van der Waals surface area contributed by atoms with E-state index in [1.807, 2.05) is 4.98 Å². The highest BCUT2D eigenvalue weighted by atomic mass is 31.3. The van der Waals surface area contributed by atoms with Gasteiger partial charge in [0.05, 0.1) is 18.8 Å². The molecule has 232 valence electrons. The number of aromatic nitrogens is 2. The molecule has 3 heterocycles. The summed E-state index contributed by atoms with van der Waals surface area (Å²) < 4.78 is 49.2. The zero-order chi connectivity index (χ0) is 30.9. The molecule has 41 heavy (non-hydrogen) atoms. The minimum Gasteiger partial charge on any atom is -0.756 e. The average molecular weight is 630 g/mol. The van der Waals surface area contributed by atoms with Crippen LogP contribution in [0.2, 0.25) is 0 Å². The number of aliphatic hydroxyl groups excluding tert-OH is 3. The van der Waals surface area contributed by atoms with Crippen LogP contribution in [-0.2, 0) is 41.6 Å². The van der Waals surface area contributed by atoms with Crippen molar-refractivity contribution < 1.29 is 66.7 Å². The van der Waals surface area contributed by atoms with Gasteiger partial charge >= 0.3 is 5.69 Å². The Balaban J connectivity index is 1.66. The Kier molecular flexibility index (Phi) is 10.4. The number of aromatic amines is 1. The normalized spacial score (nSPS) is 34.8. The summed E-state index contributed by atoms with van der Waals surface area (Å²) in [6.07, 6.45) is -10.6. The van der Waals surface area contributed by atoms with Gasteiger partial charge in [0.25, 0.3) is 21.2 Å². The van der Waals surface area contributed by atoms with E-state index in [9.17, 15) is 53.4 Å². The van der Waals surface area contributed by atoms with Gasteiger partial charge in [0, 0.05) is 26.1 Å². The highest BCUT2D eigenvalue weighted by Gasteiger charge is 2.47. The molecular formula is C19H28N4O16P2-2. The van der Waals surface area contributed by atoms with Gasteiger partial charge in [-0.25, -0.2) is 9.11 Å². The van der Waals surface area contributed by atoms with Crippen molar-refractivity contribution in [2.45, 2.75) is 75.9 Å². The molecule has 2 aliphatic rings. The lowest BCUT2D eigenvalue weighted by Gasteiger charge is -2.45. The van der Waals surface area contributed by atoms with Gasteiger partial charge in [0.2, 0.25) is 11.8 Å². The molecule has 2 amide bonds. The van der Waals surface area contributed by atoms with Crippen molar-refractivity contribution in [2.75, 3.05) is 6.61 Å². The topological polar surface area (TPSA) is 300 Å². The quantitative estimate of drug-likeness (QED) is 0.132. The molecule has 22 heteroatoms. The number of phosphoric ester groups is 2. The fourth-order valence-corrected chi connectivity index (χ4v) is 6.23. The average Bonchev–Trinajstić information content (AvgIpc) is 3.10. The van der Waals surface area contributed by atoms with Crippen LogP contribution >= 0.6 is 15.6 Å². The summed E-state index contributed by atoms with van der Waals surface area (Å²) in [5.41, 5.74) is -1.77. The van der Waals surface area contributed by atoms with Crippen molar-refractivity contribution in [3.8, 4) is 0 Å². The fraction of sp³-hybridized carbons (Fsp3) is 0.684. The molecule has 0 radical (unpaired) electrons. The van der Waals surface area contributed by atoms with E-state index in [-0.39, 0.29) is 0 Å². The number of amides is 2. The first-order valence-corrected chi connectivity index (χ1v) is 14.7. The van der Waals surface area contributed by atoms with Crippen LogP contribution in [-0.4, -0.2) is 92.2 Å². The van der Waals surface area contributed by atoms with E-state index in [2.05, 4.69) is 24.0 Å². The number of carbonyl (C=O) groups excluding carboxylic acids is 2. The summed E-state index contributed by atoms with van der Waals surface area (Å²) >= 11 is 0. The summed E-state index contributed by atoms with van der Waals surface area (Å²) in [5, 5.41) is 35.6. The molecule has 20 nitrogen and oxygen atoms in total. The first-order chi connectivity index (χ1) is 18.9. The molecule has 0 saturated carbocycles. The van der Waals surface area contributed by atoms with E-state index in [0.717, 1.165) is 26.1 Å². The van der Waals surface area contributed by atoms with Crippen LogP contribution in [0, 0.1) is 0 Å². The number of hydrogen-bond acceptors (Lipinski definition) is 16. The predicted molar refractivity (Wildman–Crippen MR) is 126 cm³/mol. The molecule has 3 rings (SSSR count). The number of ether oxygens (including phenoxy) is 2. The van der Waals surface area contributed by atoms with Crippen molar-refractivity contribution in [3.05, 3.63) is 33.1 Å². The van der Waals surface area contributed by atoms with Crippen molar-refractivity contribution >= 4 is 27.5 Å². The van der Waals surface area contributed by atoms with Gasteiger partial charge in [-0.2, -0.15) is 0 Å². The molecular weight excluding hydrogens is 602 g/mol. The monoisotopic (exact) mass is 630 g/mol. The summed E-state index contributed by atoms with van der Waals surface area (Å²) in [7, 11) is -11.7. The highest BCUT2D eigenvalue weighted by Crippen LogP contribution is 2.57. The third-order valence-corrected chi connectivity index (χ3v) is 8.45. The van der Waals surface area contributed by atoms with Crippen LogP contribution in [0.15, 0.2) is 21.9 Å². The summed E-state index contributed by atoms with van der Waals surface area (Å²) in [4.78, 5) is 72.9. The van der Waals surface area contributed by atoms with Gasteiger partial charge in [0.15, 0.2) is 12.5 Å². The van der Waals surface area contributed by atoms with Crippen LogP contribution in [0.3, 0.4) is 0 Å². The predicted octanol–water partition coefficient (Wildman–Crippen LogP) is -4.74. The first kappa shape index (κ1) is 33.2. The summed E-state index contributed by atoms with van der Waals surface area (Å²) in [5.74, 6) is -1.34. The van der Waals surface area contributed by atoms with Crippen molar-refractivity contribution in [1.29, 1.82) is 0 Å². The second-order valence-electron chi connectivity index (χ2n) is 9.09. The van der Waals surface area contributed by atoms with Crippen molar-refractivity contribution in [1.82, 2.24) is 20.2 Å². The lowest BCUT2D eigenvalue weighted by atomic mass is 9.95. The third-order valence-electron chi connectivity index (χ3n) is 5.92. The lowest BCUT2D eigenvalue weighted by Crippen LogP contribution is -2.67. The van der Waals surface area contributed by atoms with Crippen LogP contribution in [0.4, 0.5) is 0 Å². The number of hydrogen-bond donors (Lipinski definition) is 6. The summed E-state index contributed by atoms with van der Waals surface area (Å²) in [6, 6.07) is -1.81. The molecule has 2 fully saturated rings. The van der Waals surface area contributed by atoms with Gasteiger partial charge in [0.1, 0.15) is 30.5 Å². The van der Waals surface area contributed by atoms with E-state index in [1.54, 1.807) is 0 Å². The van der Waals surface area contributed by atoms with Crippen molar-refractivity contribution in [3.63, 3.8) is 0 Å². The van der Waals surface area contributed by atoms with Gasteiger partial charge < -0.3 is 49.7 Å². The molecule has 0 bridgehead atoms. The molecule has 0 aromatic carbocycles. The lowest BCUT2D eigenvalue weighted by molar-refractivity contribution is -0.271. The molecule has 2 saturated heterocycles. The van der Waals surface area contributed by atoms with Crippen LogP contribution in [0.1, 0.15) is 27.0 Å². The van der Waals surface area contributed by atoms with Crippen LogP contribution in [0.25, 0.3) is 0 Å². The Bertz CT molecular complexity index is 1340. The number of nitrogens with one attached hydrogen (secondary N) is 3. The molecule has 2 aliphatic heterocycles. The Morgan fingerprint density at radius 2 is 1.63 bits per heavy atom. The number of phosphoric acid groups is 2. The van der Waals surface area contributed by atoms with Gasteiger partial charge in [-0.3, -0.25) is 37.6 Å². The number of carbonyl (C=O) groups is 2. The number of aliphatic hydroxyl groups is 3. The van der Waals surface area contributed by atoms with Gasteiger partial charge in [-0.15, -0.1) is 0 Å². The van der Waals surface area contributed by atoms with Crippen molar-refractivity contribution in [2.24, 2.45) is 0 Å². The number of H-pyrrole nitrogens is 1. The Morgan fingerprint density at radius 1 is 1.02 bits per heavy atom. The highest BCUT2D eigenvalue weighted by molar-refractivity contribution is 7.59. The fourth-order valence-electron chi connectivity index (χ4n) is 4.14. The van der Waals surface area contributed by atoms with E-state index in [1.165, 1.54) is 6.92 Å². The molecule has 6 N–H and O–H groups in total. The number of nitrogens with zero attached hydrogens (tertiary/aromatic N) is 1. The summed E-state index contributed by atoms with van der Waals surface area (Å²) in [6.45, 7) is 2.39. The molecule has 1 aromatic rings. The minimum absolute atomic E-state index is 0.575. The molecule has 11 atom stereocenters. The van der Waals surface area contributed by atoms with E-state index in [4.69, 9.17) is 9.47 Å². The first-order valence-electron chi connectivity index (χ1n) is 11.8. The molecule has 0 spiro atoms. The second-order valence-corrected chi connectivity index (χ2v) is 12.0. The van der Waals surface area contributed by atoms with E-state index in [0.29, 0.717) is 4.57 Å². The molecule has 1 aromatic heterocycles. The SMILES string of the molecule is CC(=O)N[C@@H]1[C@H](O)[C@@H](NC(C)=O)[C@@H](OP(=O)([O-])OP(=O)([O-])OC[C@H]2O[C@@H](n3ccc(=O)[nH]c3=O)[C@H](O)[C@@H]2O)O[C@H]1C. The smallest absolute Gasteiger partial charge is 0.330 e. The van der Waals surface area contributed by atoms with E-state index >= 15 is 0 Å². The second kappa shape index (κ2) is 12.9.